The van der Waals surface area contributed by atoms with Crippen LogP contribution in [-0.2, 0) is 11.2 Å². The summed E-state index contributed by atoms with van der Waals surface area (Å²) < 4.78 is 5.54. The molecule has 98 valence electrons. The summed E-state index contributed by atoms with van der Waals surface area (Å²) in [6.07, 6.45) is 8.05. The van der Waals surface area contributed by atoms with Crippen LogP contribution < -0.4 is 0 Å². The second-order valence-corrected chi connectivity index (χ2v) is 5.11. The lowest BCUT2D eigenvalue weighted by Gasteiger charge is -2.21. The average Bonchev–Trinajstić information content (AvgIpc) is 2.41. The molecule has 0 N–H and O–H groups in total. The Labute approximate surface area is 109 Å². The van der Waals surface area contributed by atoms with Gasteiger partial charge in [0.15, 0.2) is 0 Å². The van der Waals surface area contributed by atoms with E-state index in [1.165, 1.54) is 24.8 Å². The monoisotopic (exact) mass is 246 g/mol. The fourth-order valence-corrected chi connectivity index (χ4v) is 2.50. The van der Waals surface area contributed by atoms with Crippen LogP contribution in [0.3, 0.4) is 0 Å². The highest BCUT2D eigenvalue weighted by Gasteiger charge is 2.18. The Hall–Kier alpha value is -1.31. The Morgan fingerprint density at radius 2 is 1.83 bits per heavy atom. The second-order valence-electron chi connectivity index (χ2n) is 5.11. The van der Waals surface area contributed by atoms with E-state index in [9.17, 15) is 4.79 Å². The summed E-state index contributed by atoms with van der Waals surface area (Å²) in [7, 11) is 0. The molecule has 1 aromatic rings. The van der Waals surface area contributed by atoms with E-state index in [2.05, 4.69) is 6.92 Å². The van der Waals surface area contributed by atoms with Crippen LogP contribution in [0.1, 0.15) is 61.4 Å². The lowest BCUT2D eigenvalue weighted by Crippen LogP contribution is -2.20. The number of aryl methyl sites for hydroxylation is 1. The highest BCUT2D eigenvalue weighted by atomic mass is 16.5. The first-order valence-corrected chi connectivity index (χ1v) is 7.09. The molecule has 1 saturated carbocycles. The molecule has 0 amide bonds. The Bertz CT molecular complexity index is 375. The van der Waals surface area contributed by atoms with Crippen molar-refractivity contribution < 1.29 is 9.53 Å². The van der Waals surface area contributed by atoms with Crippen LogP contribution in [0.4, 0.5) is 0 Å². The molecule has 1 aromatic carbocycles. The smallest absolute Gasteiger partial charge is 0.338 e. The van der Waals surface area contributed by atoms with Gasteiger partial charge in [0.1, 0.15) is 6.10 Å². The molecule has 1 fully saturated rings. The van der Waals surface area contributed by atoms with Crippen molar-refractivity contribution in [3.63, 3.8) is 0 Å². The maximum atomic E-state index is 12.0. The van der Waals surface area contributed by atoms with Crippen molar-refractivity contribution in [1.82, 2.24) is 0 Å². The Morgan fingerprint density at radius 1 is 1.17 bits per heavy atom. The zero-order valence-corrected chi connectivity index (χ0v) is 11.2. The highest BCUT2D eigenvalue weighted by molar-refractivity contribution is 5.89. The van der Waals surface area contributed by atoms with Crippen LogP contribution >= 0.6 is 0 Å². The molecule has 0 unspecified atom stereocenters. The van der Waals surface area contributed by atoms with E-state index < -0.39 is 0 Å². The number of benzene rings is 1. The number of hydrogen-bond donors (Lipinski definition) is 0. The second kappa shape index (κ2) is 6.58. The van der Waals surface area contributed by atoms with Gasteiger partial charge >= 0.3 is 5.97 Å². The molecule has 0 aliphatic heterocycles. The Morgan fingerprint density at radius 3 is 2.44 bits per heavy atom. The number of rotatable bonds is 4. The summed E-state index contributed by atoms with van der Waals surface area (Å²) in [5.74, 6) is -0.162. The summed E-state index contributed by atoms with van der Waals surface area (Å²) in [4.78, 5) is 12.0. The van der Waals surface area contributed by atoms with Crippen molar-refractivity contribution in [2.45, 2.75) is 58.0 Å². The zero-order chi connectivity index (χ0) is 12.8. The van der Waals surface area contributed by atoms with E-state index in [1.54, 1.807) is 0 Å². The molecule has 0 aromatic heterocycles. The van der Waals surface area contributed by atoms with Crippen molar-refractivity contribution >= 4 is 5.97 Å². The van der Waals surface area contributed by atoms with E-state index in [0.717, 1.165) is 25.7 Å². The summed E-state index contributed by atoms with van der Waals surface area (Å²) in [5, 5.41) is 0. The average molecular weight is 246 g/mol. The molecule has 1 aliphatic rings. The van der Waals surface area contributed by atoms with Gasteiger partial charge in [0.2, 0.25) is 0 Å². The maximum absolute atomic E-state index is 12.0. The van der Waals surface area contributed by atoms with Crippen molar-refractivity contribution in [3.05, 3.63) is 35.4 Å². The third-order valence-electron chi connectivity index (χ3n) is 3.55. The molecule has 0 atom stereocenters. The molecule has 0 radical (unpaired) electrons. The van der Waals surface area contributed by atoms with Gasteiger partial charge in [-0.1, -0.05) is 31.9 Å². The normalized spacial score (nSPS) is 16.5. The summed E-state index contributed by atoms with van der Waals surface area (Å²) in [5.41, 5.74) is 1.96. The fourth-order valence-electron chi connectivity index (χ4n) is 2.50. The first kappa shape index (κ1) is 13.1. The molecule has 2 heteroatoms. The van der Waals surface area contributed by atoms with Gasteiger partial charge in [-0.05, 0) is 49.8 Å². The molecule has 0 spiro atoms. The van der Waals surface area contributed by atoms with Crippen LogP contribution in [0.15, 0.2) is 24.3 Å². The van der Waals surface area contributed by atoms with Crippen LogP contribution in [0, 0.1) is 0 Å². The van der Waals surface area contributed by atoms with Gasteiger partial charge in [-0.15, -0.1) is 0 Å². The van der Waals surface area contributed by atoms with E-state index in [1.807, 2.05) is 24.3 Å². The molecule has 2 rings (SSSR count). The minimum absolute atomic E-state index is 0.140. The topological polar surface area (TPSA) is 26.3 Å². The van der Waals surface area contributed by atoms with Crippen LogP contribution in [0.2, 0.25) is 0 Å². The van der Waals surface area contributed by atoms with E-state index in [4.69, 9.17) is 4.74 Å². The van der Waals surface area contributed by atoms with E-state index in [-0.39, 0.29) is 12.1 Å². The molecule has 0 saturated heterocycles. The van der Waals surface area contributed by atoms with Crippen molar-refractivity contribution in [3.8, 4) is 0 Å². The van der Waals surface area contributed by atoms with Crippen LogP contribution in [-0.4, -0.2) is 12.1 Å². The van der Waals surface area contributed by atoms with Gasteiger partial charge in [-0.3, -0.25) is 0 Å². The fraction of sp³-hybridized carbons (Fsp3) is 0.562. The number of hydrogen-bond acceptors (Lipinski definition) is 2. The van der Waals surface area contributed by atoms with Gasteiger partial charge in [-0.25, -0.2) is 4.79 Å². The van der Waals surface area contributed by atoms with Crippen molar-refractivity contribution in [2.24, 2.45) is 0 Å². The Balaban J connectivity index is 1.91. The van der Waals surface area contributed by atoms with Gasteiger partial charge in [0.05, 0.1) is 5.56 Å². The number of carbonyl (C=O) groups excluding carboxylic acids is 1. The third kappa shape index (κ3) is 3.59. The maximum Gasteiger partial charge on any atom is 0.338 e. The Kier molecular flexibility index (Phi) is 4.80. The molecule has 0 bridgehead atoms. The standard InChI is InChI=1S/C16H22O2/c1-2-6-13-9-11-14(12-10-13)16(17)18-15-7-4-3-5-8-15/h9-12,15H,2-8H2,1H3. The molecular formula is C16H22O2. The summed E-state index contributed by atoms with van der Waals surface area (Å²) >= 11 is 0. The van der Waals surface area contributed by atoms with Crippen molar-refractivity contribution in [1.29, 1.82) is 0 Å². The molecular weight excluding hydrogens is 224 g/mol. The lowest BCUT2D eigenvalue weighted by molar-refractivity contribution is 0.0211. The van der Waals surface area contributed by atoms with Gasteiger partial charge in [0, 0.05) is 0 Å². The van der Waals surface area contributed by atoms with Gasteiger partial charge < -0.3 is 4.74 Å². The minimum Gasteiger partial charge on any atom is -0.459 e. The quantitative estimate of drug-likeness (QED) is 0.747. The van der Waals surface area contributed by atoms with Crippen LogP contribution in [0.25, 0.3) is 0 Å². The lowest BCUT2D eigenvalue weighted by atomic mass is 9.98. The molecule has 18 heavy (non-hydrogen) atoms. The third-order valence-corrected chi connectivity index (χ3v) is 3.55. The number of ether oxygens (including phenoxy) is 1. The highest BCUT2D eigenvalue weighted by Crippen LogP contribution is 2.21. The minimum atomic E-state index is -0.162. The first-order chi connectivity index (χ1) is 8.79. The van der Waals surface area contributed by atoms with Crippen molar-refractivity contribution in [2.75, 3.05) is 0 Å². The SMILES string of the molecule is CCCc1ccc(C(=O)OC2CCCCC2)cc1. The summed E-state index contributed by atoms with van der Waals surface area (Å²) in [6, 6.07) is 7.83. The predicted molar refractivity (Wildman–Crippen MR) is 72.7 cm³/mol. The van der Waals surface area contributed by atoms with Gasteiger partial charge in [-0.2, -0.15) is 0 Å². The molecule has 1 aliphatic carbocycles. The molecule has 0 heterocycles. The summed E-state index contributed by atoms with van der Waals surface area (Å²) in [6.45, 7) is 2.16. The van der Waals surface area contributed by atoms with E-state index in [0.29, 0.717) is 5.56 Å². The first-order valence-electron chi connectivity index (χ1n) is 7.09. The largest absolute Gasteiger partial charge is 0.459 e. The predicted octanol–water partition coefficient (Wildman–Crippen LogP) is 4.13. The van der Waals surface area contributed by atoms with Gasteiger partial charge in [0.25, 0.3) is 0 Å². The molecule has 2 nitrogen and oxygen atoms in total. The van der Waals surface area contributed by atoms with E-state index >= 15 is 0 Å². The zero-order valence-electron chi connectivity index (χ0n) is 11.2. The number of esters is 1. The number of carbonyl (C=O) groups is 1. The van der Waals surface area contributed by atoms with Crippen LogP contribution in [0.5, 0.6) is 0 Å².